The molecule has 4 rings (SSSR count). The van der Waals surface area contributed by atoms with E-state index in [1.807, 2.05) is 0 Å². The molecule has 1 saturated carbocycles. The van der Waals surface area contributed by atoms with E-state index in [0.29, 0.717) is 9.65 Å². The third kappa shape index (κ3) is 1.87. The molecule has 0 amide bonds. The molecule has 0 aromatic carbocycles. The molecule has 0 bridgehead atoms. The predicted octanol–water partition coefficient (Wildman–Crippen LogP) is 4.33. The largest absolute Gasteiger partial charge is 0.344 e. The number of rotatable bonds is 0. The van der Waals surface area contributed by atoms with Gasteiger partial charge < -0.3 is 9.47 Å². The van der Waals surface area contributed by atoms with E-state index >= 15 is 0 Å². The van der Waals surface area contributed by atoms with Crippen molar-refractivity contribution in [3.63, 3.8) is 0 Å². The number of ether oxygens (including phenoxy) is 2. The highest BCUT2D eigenvalue weighted by Crippen LogP contribution is 2.65. The summed E-state index contributed by atoms with van der Waals surface area (Å²) in [7, 11) is 0. The van der Waals surface area contributed by atoms with Crippen LogP contribution in [0.5, 0.6) is 0 Å². The van der Waals surface area contributed by atoms with Crippen molar-refractivity contribution in [1.82, 2.24) is 0 Å². The fourth-order valence-corrected chi connectivity index (χ4v) is 6.28. The van der Waals surface area contributed by atoms with Gasteiger partial charge in [-0.05, 0) is 42.6 Å². The molecule has 4 unspecified atom stereocenters. The maximum Gasteiger partial charge on any atom is 0.188 e. The highest BCUT2D eigenvalue weighted by atomic mass is 79.9. The van der Waals surface area contributed by atoms with E-state index in [2.05, 4.69) is 56.2 Å². The Labute approximate surface area is 137 Å². The minimum absolute atomic E-state index is 0.277. The van der Waals surface area contributed by atoms with Gasteiger partial charge >= 0.3 is 0 Å². The lowest BCUT2D eigenvalue weighted by Crippen LogP contribution is -2.56. The van der Waals surface area contributed by atoms with E-state index in [9.17, 15) is 0 Å². The van der Waals surface area contributed by atoms with Crippen LogP contribution in [0.3, 0.4) is 0 Å². The number of halogens is 2. The minimum atomic E-state index is -0.444. The molecule has 1 aliphatic heterocycles. The maximum atomic E-state index is 5.97. The second-order valence-corrected chi connectivity index (χ2v) is 9.13. The second-order valence-electron chi connectivity index (χ2n) is 6.78. The lowest BCUT2D eigenvalue weighted by atomic mass is 9.47. The first-order valence-electron chi connectivity index (χ1n) is 7.50. The van der Waals surface area contributed by atoms with Crippen molar-refractivity contribution in [3.8, 4) is 0 Å². The number of hydrogen-bond donors (Lipinski definition) is 0. The molecule has 1 spiro atoms. The Morgan fingerprint density at radius 2 is 1.60 bits per heavy atom. The Morgan fingerprint density at radius 3 is 2.40 bits per heavy atom. The van der Waals surface area contributed by atoms with Gasteiger partial charge in [0.05, 0.1) is 13.2 Å². The highest BCUT2D eigenvalue weighted by Gasteiger charge is 2.61. The minimum Gasteiger partial charge on any atom is -0.344 e. The smallest absolute Gasteiger partial charge is 0.188 e. The molecular weight excluding hydrogens is 384 g/mol. The average molecular weight is 404 g/mol. The van der Waals surface area contributed by atoms with E-state index in [1.165, 1.54) is 12.8 Å². The van der Waals surface area contributed by atoms with Gasteiger partial charge in [-0.15, -0.1) is 0 Å². The Kier molecular flexibility index (Phi) is 3.27. The Balaban J connectivity index is 1.78. The fourth-order valence-electron chi connectivity index (χ4n) is 4.70. The van der Waals surface area contributed by atoms with Crippen LogP contribution in [0.25, 0.3) is 0 Å². The van der Waals surface area contributed by atoms with E-state index in [4.69, 9.17) is 9.47 Å². The molecule has 1 saturated heterocycles. The molecule has 1 heterocycles. The Bertz CT molecular complexity index is 469. The molecule has 2 nitrogen and oxygen atoms in total. The van der Waals surface area contributed by atoms with Crippen LogP contribution >= 0.6 is 31.9 Å². The van der Waals surface area contributed by atoms with Crippen molar-refractivity contribution in [1.29, 1.82) is 0 Å². The highest BCUT2D eigenvalue weighted by molar-refractivity contribution is 9.12. The normalized spacial score (nSPS) is 49.1. The Morgan fingerprint density at radius 1 is 0.900 bits per heavy atom. The lowest BCUT2D eigenvalue weighted by Gasteiger charge is -2.60. The van der Waals surface area contributed by atoms with Crippen LogP contribution in [0.4, 0.5) is 0 Å². The monoisotopic (exact) mass is 402 g/mol. The average Bonchev–Trinajstić information content (AvgIpc) is 2.87. The number of alkyl halides is 2. The zero-order valence-corrected chi connectivity index (χ0v) is 14.7. The van der Waals surface area contributed by atoms with Gasteiger partial charge in [0, 0.05) is 16.1 Å². The van der Waals surface area contributed by atoms with Gasteiger partial charge in [0.25, 0.3) is 0 Å². The van der Waals surface area contributed by atoms with Gasteiger partial charge in [-0.3, -0.25) is 0 Å². The SMILES string of the molecule is BrC1CC23C=CC4(CC2(CC=CC3)CC1Br)OCCO4. The van der Waals surface area contributed by atoms with Gasteiger partial charge in [-0.25, -0.2) is 0 Å². The van der Waals surface area contributed by atoms with E-state index in [-0.39, 0.29) is 10.8 Å². The summed E-state index contributed by atoms with van der Waals surface area (Å²) in [4.78, 5) is 1.08. The van der Waals surface area contributed by atoms with Crippen molar-refractivity contribution >= 4 is 31.9 Å². The van der Waals surface area contributed by atoms with E-state index < -0.39 is 5.79 Å². The first kappa shape index (κ1) is 14.0. The maximum absolute atomic E-state index is 5.97. The number of hydrogen-bond acceptors (Lipinski definition) is 2. The lowest BCUT2D eigenvalue weighted by molar-refractivity contribution is -0.175. The first-order chi connectivity index (χ1) is 9.59. The second kappa shape index (κ2) is 4.68. The zero-order chi connectivity index (χ0) is 13.8. The third-order valence-electron chi connectivity index (χ3n) is 5.77. The molecule has 4 aliphatic rings. The van der Waals surface area contributed by atoms with Gasteiger partial charge in [0.2, 0.25) is 0 Å². The standard InChI is InChI=1S/C16H20Br2O2/c17-12-9-14-3-1-2-4-15(14,10-13(12)18)11-16(6-5-14)19-7-8-20-16/h1-2,5-6,12-13H,3-4,7-11H2. The van der Waals surface area contributed by atoms with E-state index in [1.54, 1.807) is 0 Å². The fraction of sp³-hybridized carbons (Fsp3) is 0.750. The van der Waals surface area contributed by atoms with Gasteiger partial charge in [-0.2, -0.15) is 0 Å². The van der Waals surface area contributed by atoms with Crippen molar-refractivity contribution in [2.45, 2.75) is 47.5 Å². The summed E-state index contributed by atoms with van der Waals surface area (Å²) >= 11 is 7.77. The van der Waals surface area contributed by atoms with Crippen LogP contribution < -0.4 is 0 Å². The van der Waals surface area contributed by atoms with Crippen LogP contribution in [0.1, 0.15) is 32.1 Å². The van der Waals surface area contributed by atoms with Crippen LogP contribution in [0.15, 0.2) is 24.3 Å². The molecule has 4 heteroatoms. The van der Waals surface area contributed by atoms with E-state index in [0.717, 1.165) is 32.5 Å². The third-order valence-corrected chi connectivity index (χ3v) is 8.40. The first-order valence-corrected chi connectivity index (χ1v) is 9.34. The zero-order valence-electron chi connectivity index (χ0n) is 11.5. The molecule has 20 heavy (non-hydrogen) atoms. The van der Waals surface area contributed by atoms with Gasteiger partial charge in [0.15, 0.2) is 5.79 Å². The molecular formula is C16H20Br2O2. The molecule has 4 atom stereocenters. The molecule has 110 valence electrons. The summed E-state index contributed by atoms with van der Waals surface area (Å²) in [6.07, 6.45) is 15.1. The topological polar surface area (TPSA) is 18.5 Å². The predicted molar refractivity (Wildman–Crippen MR) is 86.3 cm³/mol. The summed E-state index contributed by atoms with van der Waals surface area (Å²) in [5.74, 6) is -0.444. The van der Waals surface area contributed by atoms with Gasteiger partial charge in [0.1, 0.15) is 0 Å². The molecule has 2 fully saturated rings. The van der Waals surface area contributed by atoms with Crippen LogP contribution in [-0.4, -0.2) is 28.7 Å². The summed E-state index contributed by atoms with van der Waals surface area (Å²) in [6, 6.07) is 0. The van der Waals surface area contributed by atoms with Crippen LogP contribution in [0.2, 0.25) is 0 Å². The van der Waals surface area contributed by atoms with Crippen LogP contribution in [0, 0.1) is 10.8 Å². The van der Waals surface area contributed by atoms with Crippen LogP contribution in [-0.2, 0) is 9.47 Å². The summed E-state index contributed by atoms with van der Waals surface area (Å²) in [6.45, 7) is 1.45. The Hall–Kier alpha value is 0.360. The summed E-state index contributed by atoms with van der Waals surface area (Å²) < 4.78 is 11.9. The summed E-state index contributed by atoms with van der Waals surface area (Å²) in [5.41, 5.74) is 0.556. The molecule has 0 aromatic rings. The molecule has 0 aromatic heterocycles. The van der Waals surface area contributed by atoms with Crippen molar-refractivity contribution in [2.24, 2.45) is 10.8 Å². The number of allylic oxidation sites excluding steroid dienone is 3. The van der Waals surface area contributed by atoms with Crippen molar-refractivity contribution in [2.75, 3.05) is 13.2 Å². The van der Waals surface area contributed by atoms with Crippen molar-refractivity contribution < 1.29 is 9.47 Å². The quantitative estimate of drug-likeness (QED) is 0.442. The van der Waals surface area contributed by atoms with Crippen molar-refractivity contribution in [3.05, 3.63) is 24.3 Å². The molecule has 0 N–H and O–H groups in total. The molecule has 0 radical (unpaired) electrons. The summed E-state index contributed by atoms with van der Waals surface area (Å²) in [5, 5.41) is 0. The van der Waals surface area contributed by atoms with Gasteiger partial charge in [-0.1, -0.05) is 50.1 Å². The molecule has 3 aliphatic carbocycles.